The molecule has 0 aromatic heterocycles. The van der Waals surface area contributed by atoms with Crippen LogP contribution in [0.2, 0.25) is 0 Å². The topological polar surface area (TPSA) is 60.1 Å². The molecular formula is C21H25F2N3O2. The van der Waals surface area contributed by atoms with Gasteiger partial charge in [0, 0.05) is 7.05 Å². The Hall–Kier alpha value is -2.83. The molecule has 1 unspecified atom stereocenters. The lowest BCUT2D eigenvalue weighted by molar-refractivity contribution is -0.0503. The van der Waals surface area contributed by atoms with Crippen molar-refractivity contribution >= 4 is 5.96 Å². The number of nitrogens with two attached hydrogens (primary N) is 1. The summed E-state index contributed by atoms with van der Waals surface area (Å²) in [7, 11) is 1.87. The molecule has 2 N–H and O–H groups in total. The van der Waals surface area contributed by atoms with Gasteiger partial charge in [0.15, 0.2) is 5.96 Å². The van der Waals surface area contributed by atoms with E-state index in [9.17, 15) is 8.78 Å². The molecule has 7 heteroatoms. The van der Waals surface area contributed by atoms with Crippen LogP contribution < -0.4 is 15.2 Å². The third-order valence-corrected chi connectivity index (χ3v) is 4.82. The van der Waals surface area contributed by atoms with Gasteiger partial charge in [-0.3, -0.25) is 0 Å². The second kappa shape index (κ2) is 8.04. The molecule has 3 rings (SSSR count). The summed E-state index contributed by atoms with van der Waals surface area (Å²) in [5.74, 6) is 1.33. The Morgan fingerprint density at radius 3 is 2.57 bits per heavy atom. The fraction of sp³-hybridized carbons (Fsp3) is 0.381. The van der Waals surface area contributed by atoms with Gasteiger partial charge in [0.1, 0.15) is 17.0 Å². The third-order valence-electron chi connectivity index (χ3n) is 4.82. The van der Waals surface area contributed by atoms with Gasteiger partial charge in [-0.15, -0.1) is 0 Å². The van der Waals surface area contributed by atoms with Gasteiger partial charge in [0.25, 0.3) is 0 Å². The van der Waals surface area contributed by atoms with Crippen molar-refractivity contribution in [2.45, 2.75) is 32.4 Å². The summed E-state index contributed by atoms with van der Waals surface area (Å²) in [6, 6.07) is 12.9. The Morgan fingerprint density at radius 2 is 1.96 bits per heavy atom. The van der Waals surface area contributed by atoms with Gasteiger partial charge in [0.2, 0.25) is 0 Å². The highest BCUT2D eigenvalue weighted by Gasteiger charge is 2.41. The summed E-state index contributed by atoms with van der Waals surface area (Å²) in [6.07, 6.45) is 0.911. The van der Waals surface area contributed by atoms with Crippen molar-refractivity contribution in [1.82, 2.24) is 4.90 Å². The first kappa shape index (κ1) is 19.9. The molecule has 0 spiro atoms. The molecule has 5 nitrogen and oxygen atoms in total. The summed E-state index contributed by atoms with van der Waals surface area (Å²) >= 11 is 0. The van der Waals surface area contributed by atoms with E-state index in [-0.39, 0.29) is 5.75 Å². The van der Waals surface area contributed by atoms with Gasteiger partial charge in [0.05, 0.1) is 13.2 Å². The van der Waals surface area contributed by atoms with Crippen molar-refractivity contribution in [3.8, 4) is 11.5 Å². The number of hydrogen-bond acceptors (Lipinski definition) is 5. The van der Waals surface area contributed by atoms with E-state index in [1.807, 2.05) is 49.2 Å². The van der Waals surface area contributed by atoms with Gasteiger partial charge >= 0.3 is 6.61 Å². The van der Waals surface area contributed by atoms with Gasteiger partial charge < -0.3 is 20.1 Å². The van der Waals surface area contributed by atoms with E-state index in [1.54, 1.807) is 19.1 Å². The Balaban J connectivity index is 2.07. The maximum absolute atomic E-state index is 12.6. The molecule has 2 aromatic rings. The van der Waals surface area contributed by atoms with E-state index in [0.717, 1.165) is 23.3 Å². The van der Waals surface area contributed by atoms with Crippen LogP contribution in [0.3, 0.4) is 0 Å². The number of rotatable bonds is 7. The first-order chi connectivity index (χ1) is 13.4. The quantitative estimate of drug-likeness (QED) is 0.781. The molecule has 0 amide bonds. The number of likely N-dealkylation sites (N-methyl/N-ethyl adjacent to an activating group) is 1. The number of benzene rings is 2. The number of ether oxygens (including phenoxy) is 2. The van der Waals surface area contributed by atoms with Crippen LogP contribution in [0.1, 0.15) is 30.0 Å². The Bertz CT molecular complexity index is 872. The van der Waals surface area contributed by atoms with Crippen molar-refractivity contribution in [3.05, 3.63) is 59.2 Å². The highest BCUT2D eigenvalue weighted by molar-refractivity contribution is 5.81. The fourth-order valence-electron chi connectivity index (χ4n) is 3.42. The zero-order valence-electron chi connectivity index (χ0n) is 16.3. The van der Waals surface area contributed by atoms with Gasteiger partial charge in [-0.2, -0.15) is 8.78 Å². The highest BCUT2D eigenvalue weighted by atomic mass is 19.3. The zero-order valence-corrected chi connectivity index (χ0v) is 16.3. The van der Waals surface area contributed by atoms with Crippen LogP contribution in [0.4, 0.5) is 8.78 Å². The summed E-state index contributed by atoms with van der Waals surface area (Å²) in [6.45, 7) is 2.08. The first-order valence-electron chi connectivity index (χ1n) is 9.21. The van der Waals surface area contributed by atoms with Crippen molar-refractivity contribution in [2.24, 2.45) is 10.7 Å². The van der Waals surface area contributed by atoms with E-state index in [2.05, 4.69) is 4.74 Å². The van der Waals surface area contributed by atoms with Gasteiger partial charge in [-0.1, -0.05) is 25.1 Å². The zero-order chi connectivity index (χ0) is 20.3. The Morgan fingerprint density at radius 1 is 1.21 bits per heavy atom. The maximum Gasteiger partial charge on any atom is 0.387 e. The van der Waals surface area contributed by atoms with E-state index in [0.29, 0.717) is 24.7 Å². The van der Waals surface area contributed by atoms with Gasteiger partial charge in [-0.05, 0) is 54.3 Å². The second-order valence-corrected chi connectivity index (χ2v) is 6.92. The molecule has 28 heavy (non-hydrogen) atoms. The lowest BCUT2D eigenvalue weighted by Gasteiger charge is -2.29. The van der Waals surface area contributed by atoms with Crippen LogP contribution in [0.15, 0.2) is 47.5 Å². The molecule has 150 valence electrons. The third kappa shape index (κ3) is 3.88. The van der Waals surface area contributed by atoms with Crippen LogP contribution in [-0.2, 0) is 5.54 Å². The van der Waals surface area contributed by atoms with E-state index in [1.165, 1.54) is 0 Å². The normalized spacial score (nSPS) is 19.1. The van der Waals surface area contributed by atoms with E-state index in [4.69, 9.17) is 15.5 Å². The molecule has 1 aliphatic heterocycles. The number of aliphatic imine (C=N–C) groups is 1. The molecule has 0 saturated heterocycles. The van der Waals surface area contributed by atoms with Crippen LogP contribution in [0, 0.1) is 6.92 Å². The smallest absolute Gasteiger partial charge is 0.387 e. The maximum atomic E-state index is 12.6. The van der Waals surface area contributed by atoms with Gasteiger partial charge in [-0.25, -0.2) is 4.99 Å². The average molecular weight is 389 g/mol. The standard InChI is InChI=1S/C21H25F2N3O2/c1-4-10-27-17-7-5-6-15(12-17)21(13-26(3)20(24)25-21)16-8-9-18(14(2)11-16)28-19(22)23/h5-9,11-12,19H,4,10,13H2,1-3H3,(H2,24,25). The van der Waals surface area contributed by atoms with Crippen molar-refractivity contribution < 1.29 is 18.3 Å². The van der Waals surface area contributed by atoms with Crippen LogP contribution in [0.25, 0.3) is 0 Å². The van der Waals surface area contributed by atoms with Crippen molar-refractivity contribution in [3.63, 3.8) is 0 Å². The molecule has 1 aliphatic rings. The molecule has 0 radical (unpaired) electrons. The molecular weight excluding hydrogens is 364 g/mol. The van der Waals surface area contributed by atoms with Crippen molar-refractivity contribution in [2.75, 3.05) is 20.2 Å². The Kier molecular flexibility index (Phi) is 5.72. The molecule has 1 atom stereocenters. The molecule has 0 fully saturated rings. The minimum absolute atomic E-state index is 0.150. The molecule has 0 saturated carbocycles. The Labute approximate surface area is 163 Å². The monoisotopic (exact) mass is 389 g/mol. The van der Waals surface area contributed by atoms with Crippen LogP contribution in [-0.4, -0.2) is 37.7 Å². The fourth-order valence-corrected chi connectivity index (χ4v) is 3.42. The summed E-state index contributed by atoms with van der Waals surface area (Å²) < 4.78 is 35.6. The van der Waals surface area contributed by atoms with Crippen molar-refractivity contribution in [1.29, 1.82) is 0 Å². The summed E-state index contributed by atoms with van der Waals surface area (Å²) in [5, 5.41) is 0. The van der Waals surface area contributed by atoms with Crippen LogP contribution in [0.5, 0.6) is 11.5 Å². The summed E-state index contributed by atoms with van der Waals surface area (Å²) in [4.78, 5) is 6.64. The SMILES string of the molecule is CCCOc1cccc(C2(c3ccc(OC(F)F)c(C)c3)CN(C)C(N)=N2)c1. The number of halogens is 2. The minimum Gasteiger partial charge on any atom is -0.494 e. The lowest BCUT2D eigenvalue weighted by Crippen LogP contribution is -2.34. The summed E-state index contributed by atoms with van der Waals surface area (Å²) in [5.41, 5.74) is 7.74. The first-order valence-corrected chi connectivity index (χ1v) is 9.21. The number of alkyl halides is 2. The molecule has 0 bridgehead atoms. The predicted octanol–water partition coefficient (Wildman–Crippen LogP) is 3.89. The number of hydrogen-bond donors (Lipinski definition) is 1. The predicted molar refractivity (Wildman–Crippen MR) is 105 cm³/mol. The largest absolute Gasteiger partial charge is 0.494 e. The van der Waals surface area contributed by atoms with E-state index < -0.39 is 12.2 Å². The number of nitrogens with zero attached hydrogens (tertiary/aromatic N) is 2. The van der Waals surface area contributed by atoms with E-state index >= 15 is 0 Å². The average Bonchev–Trinajstić information content (AvgIpc) is 2.97. The second-order valence-electron chi connectivity index (χ2n) is 6.92. The lowest BCUT2D eigenvalue weighted by atomic mass is 9.83. The highest BCUT2D eigenvalue weighted by Crippen LogP contribution is 2.40. The minimum atomic E-state index is -2.86. The van der Waals surface area contributed by atoms with Crippen LogP contribution >= 0.6 is 0 Å². The molecule has 1 heterocycles. The molecule has 0 aliphatic carbocycles. The number of aryl methyl sites for hydroxylation is 1. The molecule has 2 aromatic carbocycles. The number of guanidine groups is 1.